The molecule has 0 unspecified atom stereocenters. The number of carbonyl (C=O) groups is 10. The summed E-state index contributed by atoms with van der Waals surface area (Å²) >= 11 is 0. The summed E-state index contributed by atoms with van der Waals surface area (Å²) in [4.78, 5) is 129. The van der Waals surface area contributed by atoms with Gasteiger partial charge in [0.1, 0.15) is 48.0 Å². The second-order valence-electron chi connectivity index (χ2n) is 16.9. The Morgan fingerprint density at radius 3 is 1.60 bits per heavy atom. The number of amides is 9. The molecule has 0 heterocycles. The first kappa shape index (κ1) is 56.7. The molecule has 0 aliphatic heterocycles. The fourth-order valence-corrected chi connectivity index (χ4v) is 6.24. The maximum atomic E-state index is 13.8. The Morgan fingerprint density at radius 2 is 1.11 bits per heavy atom. The largest absolute Gasteiger partial charge is 0.508 e. The van der Waals surface area contributed by atoms with Crippen molar-refractivity contribution in [3.8, 4) is 5.75 Å². The van der Waals surface area contributed by atoms with Crippen LogP contribution in [0.15, 0.2) is 24.3 Å². The molecule has 1 aromatic carbocycles. The number of hydrogen-bond acceptors (Lipinski definition) is 13. The summed E-state index contributed by atoms with van der Waals surface area (Å²) in [5.41, 5.74) is 17.1. The molecule has 364 valence electrons. The number of rotatable bonds is 28. The number of aliphatic carboxylic acids is 1. The Balaban J connectivity index is 3.18. The zero-order valence-electron chi connectivity index (χ0n) is 38.1. The van der Waals surface area contributed by atoms with Crippen LogP contribution >= 0.6 is 0 Å². The van der Waals surface area contributed by atoms with Crippen LogP contribution in [0.5, 0.6) is 5.75 Å². The van der Waals surface area contributed by atoms with E-state index in [1.807, 2.05) is 0 Å². The smallest absolute Gasteiger partial charge is 0.305 e. The van der Waals surface area contributed by atoms with Gasteiger partial charge in [0.25, 0.3) is 0 Å². The average Bonchev–Trinajstić information content (AvgIpc) is 3.20. The van der Waals surface area contributed by atoms with Crippen LogP contribution in [0.2, 0.25) is 0 Å². The lowest BCUT2D eigenvalue weighted by Gasteiger charge is -2.29. The second kappa shape index (κ2) is 27.1. The summed E-state index contributed by atoms with van der Waals surface area (Å²) in [5.74, 6) is -10.9. The van der Waals surface area contributed by atoms with Crippen LogP contribution in [0, 0.1) is 17.8 Å². The molecular formula is C42H68N10O13. The van der Waals surface area contributed by atoms with Crippen molar-refractivity contribution in [1.29, 1.82) is 0 Å². The number of nitrogens with one attached hydrogen (secondary N) is 7. The van der Waals surface area contributed by atoms with Crippen molar-refractivity contribution < 1.29 is 63.3 Å². The number of benzene rings is 1. The first-order valence-corrected chi connectivity index (χ1v) is 21.3. The van der Waals surface area contributed by atoms with E-state index in [4.69, 9.17) is 17.2 Å². The third-order valence-electron chi connectivity index (χ3n) is 10.3. The molecule has 0 saturated carbocycles. The van der Waals surface area contributed by atoms with Crippen molar-refractivity contribution in [2.45, 2.75) is 148 Å². The van der Waals surface area contributed by atoms with Gasteiger partial charge in [-0.15, -0.1) is 0 Å². The number of aromatic hydroxyl groups is 1. The van der Waals surface area contributed by atoms with Gasteiger partial charge in [-0.2, -0.15) is 0 Å². The molecule has 0 aromatic heterocycles. The molecule has 16 N–H and O–H groups in total. The fourth-order valence-electron chi connectivity index (χ4n) is 6.24. The van der Waals surface area contributed by atoms with Crippen LogP contribution in [0.25, 0.3) is 0 Å². The highest BCUT2D eigenvalue weighted by molar-refractivity contribution is 5.98. The fraction of sp³-hybridized carbons (Fsp3) is 0.619. The Labute approximate surface area is 377 Å². The van der Waals surface area contributed by atoms with Gasteiger partial charge in [-0.1, -0.05) is 60.1 Å². The van der Waals surface area contributed by atoms with Crippen molar-refractivity contribution in [2.75, 3.05) is 0 Å². The van der Waals surface area contributed by atoms with E-state index in [-0.39, 0.29) is 37.4 Å². The zero-order chi connectivity index (χ0) is 49.9. The highest BCUT2D eigenvalue weighted by Crippen LogP contribution is 2.13. The van der Waals surface area contributed by atoms with E-state index >= 15 is 0 Å². The number of phenols is 1. The van der Waals surface area contributed by atoms with Crippen LogP contribution in [0.1, 0.15) is 93.1 Å². The molecule has 10 atom stereocenters. The molecular weight excluding hydrogens is 853 g/mol. The molecule has 0 spiro atoms. The lowest BCUT2D eigenvalue weighted by atomic mass is 9.97. The average molecular weight is 921 g/mol. The highest BCUT2D eigenvalue weighted by Gasteiger charge is 2.36. The number of carbonyl (C=O) groups excluding carboxylic acids is 9. The molecule has 0 radical (unpaired) electrons. The molecule has 0 fully saturated rings. The molecule has 1 aromatic rings. The van der Waals surface area contributed by atoms with E-state index in [1.54, 1.807) is 41.5 Å². The molecule has 65 heavy (non-hydrogen) atoms. The molecule has 23 nitrogen and oxygen atoms in total. The van der Waals surface area contributed by atoms with Gasteiger partial charge in [-0.3, -0.25) is 47.9 Å². The van der Waals surface area contributed by atoms with Crippen LogP contribution in [-0.2, 0) is 54.4 Å². The van der Waals surface area contributed by atoms with Gasteiger partial charge >= 0.3 is 5.97 Å². The third kappa shape index (κ3) is 19.9. The Kier molecular flexibility index (Phi) is 23.6. The second-order valence-corrected chi connectivity index (χ2v) is 16.9. The number of phenolic OH excluding ortho intramolecular Hbond substituents is 1. The van der Waals surface area contributed by atoms with Gasteiger partial charge in [0.2, 0.25) is 53.2 Å². The van der Waals surface area contributed by atoms with Gasteiger partial charge in [-0.25, -0.2) is 0 Å². The lowest BCUT2D eigenvalue weighted by Crippen LogP contribution is -2.62. The molecule has 9 amide bonds. The first-order valence-electron chi connectivity index (χ1n) is 21.3. The predicted octanol–water partition coefficient (Wildman–Crippen LogP) is -2.97. The maximum Gasteiger partial charge on any atom is 0.305 e. The number of aliphatic hydroxyl groups is 1. The number of carboxylic acid groups (broad SMARTS) is 1. The van der Waals surface area contributed by atoms with E-state index < -0.39 is 132 Å². The maximum absolute atomic E-state index is 13.8. The van der Waals surface area contributed by atoms with Crippen molar-refractivity contribution in [2.24, 2.45) is 35.0 Å². The zero-order valence-corrected chi connectivity index (χ0v) is 38.1. The minimum Gasteiger partial charge on any atom is -0.508 e. The van der Waals surface area contributed by atoms with Gasteiger partial charge in [-0.05, 0) is 68.6 Å². The number of aliphatic hydroxyl groups excluding tert-OH is 1. The molecule has 1 rings (SSSR count). The van der Waals surface area contributed by atoms with Crippen LogP contribution in [0.4, 0.5) is 0 Å². The standard InChI is InChI=1S/C42H68N10O13/c1-9-21(6)33(41(64)47-27(35(45)58)14-15-30(44)55)51-36(59)22(7)46-40(63)32(20(4)5)50-39(62)28(16-19(2)3)48-38(61)29(18-31(56)57)49-42(65)34(23(8)53)52-37(60)26(43)17-24-10-12-25(54)13-11-24/h10-13,19-23,26-29,32-34,53-54H,9,14-18,43H2,1-8H3,(H2,44,55)(H2,45,58)(H,46,63)(H,47,64)(H,48,61)(H,49,65)(H,50,62)(H,51,59)(H,52,60)(H,56,57)/t21-,22-,23+,26-,27-,28-,29-,32-,33-,34-/m0/s1. The summed E-state index contributed by atoms with van der Waals surface area (Å²) in [6.45, 7) is 12.6. The normalized spacial score (nSPS) is 15.8. The molecule has 0 bridgehead atoms. The van der Waals surface area contributed by atoms with E-state index in [2.05, 4.69) is 37.2 Å². The van der Waals surface area contributed by atoms with E-state index in [0.717, 1.165) is 0 Å². The molecule has 0 aliphatic carbocycles. The quantitative estimate of drug-likeness (QED) is 0.0399. The highest BCUT2D eigenvalue weighted by atomic mass is 16.4. The third-order valence-corrected chi connectivity index (χ3v) is 10.3. The Bertz CT molecular complexity index is 1840. The summed E-state index contributed by atoms with van der Waals surface area (Å²) in [6.07, 6.45) is -2.58. The predicted molar refractivity (Wildman–Crippen MR) is 234 cm³/mol. The molecule has 0 aliphatic rings. The van der Waals surface area contributed by atoms with Crippen LogP contribution in [-0.4, -0.2) is 129 Å². The minimum atomic E-state index is -1.83. The van der Waals surface area contributed by atoms with Crippen molar-refractivity contribution >= 4 is 59.1 Å². The molecule has 0 saturated heterocycles. The van der Waals surface area contributed by atoms with Crippen LogP contribution in [0.3, 0.4) is 0 Å². The summed E-state index contributed by atoms with van der Waals surface area (Å²) in [7, 11) is 0. The topological polar surface area (TPSA) is 394 Å². The summed E-state index contributed by atoms with van der Waals surface area (Å²) < 4.78 is 0. The van der Waals surface area contributed by atoms with Gasteiger partial charge in [0, 0.05) is 6.42 Å². The number of hydrogen-bond donors (Lipinski definition) is 13. The van der Waals surface area contributed by atoms with Crippen molar-refractivity contribution in [1.82, 2.24) is 37.2 Å². The van der Waals surface area contributed by atoms with Crippen molar-refractivity contribution in [3.63, 3.8) is 0 Å². The van der Waals surface area contributed by atoms with E-state index in [1.165, 1.54) is 38.1 Å². The monoisotopic (exact) mass is 920 g/mol. The summed E-state index contributed by atoms with van der Waals surface area (Å²) in [6, 6.07) is -5.33. The van der Waals surface area contributed by atoms with Gasteiger partial charge in [0.05, 0.1) is 18.6 Å². The Hall–Kier alpha value is -6.36. The van der Waals surface area contributed by atoms with Crippen molar-refractivity contribution in [3.05, 3.63) is 29.8 Å². The lowest BCUT2D eigenvalue weighted by molar-refractivity contribution is -0.142. The van der Waals surface area contributed by atoms with Crippen LogP contribution < -0.4 is 54.4 Å². The van der Waals surface area contributed by atoms with Gasteiger partial charge in [0.15, 0.2) is 0 Å². The SMILES string of the molecule is CC[C@H](C)[C@H](NC(=O)[C@H](C)NC(=O)[C@@H](NC(=O)[C@H](CC(C)C)NC(=O)[C@H](CC(=O)O)NC(=O)[C@@H](NC(=O)[C@@H](N)Cc1ccc(O)cc1)[C@@H](C)O)C(C)C)C(=O)N[C@@H](CCC(N)=O)C(N)=O. The molecule has 23 heteroatoms. The first-order chi connectivity index (χ1) is 30.2. The number of carboxylic acids is 1. The van der Waals surface area contributed by atoms with Gasteiger partial charge < -0.3 is 69.7 Å². The van der Waals surface area contributed by atoms with E-state index in [0.29, 0.717) is 12.0 Å². The van der Waals surface area contributed by atoms with E-state index in [9.17, 15) is 63.3 Å². The Morgan fingerprint density at radius 1 is 0.615 bits per heavy atom. The summed E-state index contributed by atoms with van der Waals surface area (Å²) in [5, 5.41) is 46.6. The number of nitrogens with two attached hydrogens (primary N) is 3. The minimum absolute atomic E-state index is 0.0104. The number of primary amides is 2.